The van der Waals surface area contributed by atoms with Crippen LogP contribution in [-0.4, -0.2) is 12.8 Å². The molecule has 2 aromatic carbocycles. The van der Waals surface area contributed by atoms with E-state index in [4.69, 9.17) is 10.00 Å². The molecule has 0 saturated carbocycles. The van der Waals surface area contributed by atoms with E-state index in [1.54, 1.807) is 18.3 Å². The molecule has 2 aromatic rings. The zero-order valence-corrected chi connectivity index (χ0v) is 15.7. The zero-order chi connectivity index (χ0) is 18.5. The van der Waals surface area contributed by atoms with Crippen LogP contribution in [0.25, 0.3) is 0 Å². The van der Waals surface area contributed by atoms with E-state index in [-0.39, 0.29) is 0 Å². The van der Waals surface area contributed by atoms with Crippen molar-refractivity contribution in [1.29, 1.82) is 5.26 Å². The van der Waals surface area contributed by atoms with E-state index in [1.165, 1.54) is 38.5 Å². The van der Waals surface area contributed by atoms with E-state index in [0.717, 1.165) is 30.0 Å². The van der Waals surface area contributed by atoms with Gasteiger partial charge < -0.3 is 4.74 Å². The van der Waals surface area contributed by atoms with Gasteiger partial charge in [0.25, 0.3) is 0 Å². The Morgan fingerprint density at radius 1 is 0.885 bits per heavy atom. The standard InChI is InChI=1S/C23H28N2O/c1-2-3-4-5-6-7-8-17-26-23-15-13-22(14-16-23)25-19-21-11-9-20(18-24)10-12-21/h9-16,19H,2-8,17H2,1H3. The molecule has 0 unspecified atom stereocenters. The lowest BCUT2D eigenvalue weighted by atomic mass is 10.1. The third-order valence-corrected chi connectivity index (χ3v) is 4.26. The molecule has 26 heavy (non-hydrogen) atoms. The summed E-state index contributed by atoms with van der Waals surface area (Å²) in [6.07, 6.45) is 10.8. The Bertz CT molecular complexity index is 696. The van der Waals surface area contributed by atoms with E-state index in [2.05, 4.69) is 18.0 Å². The number of benzene rings is 2. The Labute approximate surface area is 157 Å². The van der Waals surface area contributed by atoms with Crippen LogP contribution in [-0.2, 0) is 0 Å². The summed E-state index contributed by atoms with van der Waals surface area (Å²) in [7, 11) is 0. The van der Waals surface area contributed by atoms with Gasteiger partial charge in [-0.15, -0.1) is 0 Å². The first-order valence-corrected chi connectivity index (χ1v) is 9.59. The van der Waals surface area contributed by atoms with Gasteiger partial charge in [0.05, 0.1) is 23.9 Å². The van der Waals surface area contributed by atoms with Gasteiger partial charge in [0, 0.05) is 6.21 Å². The van der Waals surface area contributed by atoms with Crippen molar-refractivity contribution in [2.24, 2.45) is 4.99 Å². The average Bonchev–Trinajstić information content (AvgIpc) is 2.69. The Morgan fingerprint density at radius 2 is 1.54 bits per heavy atom. The molecule has 0 aliphatic carbocycles. The van der Waals surface area contributed by atoms with E-state index < -0.39 is 0 Å². The van der Waals surface area contributed by atoms with E-state index in [9.17, 15) is 0 Å². The summed E-state index contributed by atoms with van der Waals surface area (Å²) in [5, 5.41) is 8.80. The van der Waals surface area contributed by atoms with Gasteiger partial charge >= 0.3 is 0 Å². The number of hydrogen-bond donors (Lipinski definition) is 0. The van der Waals surface area contributed by atoms with Crippen molar-refractivity contribution >= 4 is 11.9 Å². The zero-order valence-electron chi connectivity index (χ0n) is 15.7. The molecule has 2 rings (SSSR count). The van der Waals surface area contributed by atoms with Crippen molar-refractivity contribution in [3.8, 4) is 11.8 Å². The molecule has 0 bridgehead atoms. The molecule has 0 aromatic heterocycles. The smallest absolute Gasteiger partial charge is 0.119 e. The minimum absolute atomic E-state index is 0.657. The van der Waals surface area contributed by atoms with Gasteiger partial charge in [0.15, 0.2) is 0 Å². The van der Waals surface area contributed by atoms with Crippen LogP contribution >= 0.6 is 0 Å². The van der Waals surface area contributed by atoms with Crippen LogP contribution in [0.15, 0.2) is 53.5 Å². The van der Waals surface area contributed by atoms with Crippen LogP contribution in [0.1, 0.15) is 63.0 Å². The molecule has 0 radical (unpaired) electrons. The molecule has 3 nitrogen and oxygen atoms in total. The first-order chi connectivity index (χ1) is 12.8. The van der Waals surface area contributed by atoms with Crippen molar-refractivity contribution in [1.82, 2.24) is 0 Å². The van der Waals surface area contributed by atoms with E-state index >= 15 is 0 Å². The number of ether oxygens (including phenoxy) is 1. The predicted octanol–water partition coefficient (Wildman–Crippen LogP) is 6.44. The summed E-state index contributed by atoms with van der Waals surface area (Å²) in [4.78, 5) is 4.45. The lowest BCUT2D eigenvalue weighted by Gasteiger charge is -2.06. The predicted molar refractivity (Wildman–Crippen MR) is 108 cm³/mol. The molecule has 0 N–H and O–H groups in total. The Hall–Kier alpha value is -2.60. The van der Waals surface area contributed by atoms with Gasteiger partial charge in [0.2, 0.25) is 0 Å². The van der Waals surface area contributed by atoms with Crippen LogP contribution in [0.4, 0.5) is 5.69 Å². The number of unbranched alkanes of at least 4 members (excludes halogenated alkanes) is 6. The second-order valence-corrected chi connectivity index (χ2v) is 6.46. The second-order valence-electron chi connectivity index (χ2n) is 6.46. The Kier molecular flexibility index (Phi) is 9.00. The molecule has 0 aliphatic heterocycles. The number of rotatable bonds is 11. The van der Waals surface area contributed by atoms with Gasteiger partial charge in [-0.25, -0.2) is 0 Å². The second kappa shape index (κ2) is 11.9. The molecular formula is C23H28N2O. The highest BCUT2D eigenvalue weighted by molar-refractivity contribution is 5.82. The number of nitriles is 1. The maximum Gasteiger partial charge on any atom is 0.119 e. The molecule has 0 spiro atoms. The summed E-state index contributed by atoms with van der Waals surface area (Å²) >= 11 is 0. The fraction of sp³-hybridized carbons (Fsp3) is 0.391. The van der Waals surface area contributed by atoms with Crippen LogP contribution in [0.2, 0.25) is 0 Å². The maximum absolute atomic E-state index is 8.80. The minimum atomic E-state index is 0.657. The minimum Gasteiger partial charge on any atom is -0.494 e. The number of aliphatic imine (C=N–C) groups is 1. The number of nitrogens with zero attached hydrogens (tertiary/aromatic N) is 2. The molecule has 0 saturated heterocycles. The SMILES string of the molecule is CCCCCCCCCOc1ccc(N=Cc2ccc(C#N)cc2)cc1. The van der Waals surface area contributed by atoms with Crippen molar-refractivity contribution in [2.75, 3.05) is 6.61 Å². The van der Waals surface area contributed by atoms with E-state index in [0.29, 0.717) is 5.56 Å². The van der Waals surface area contributed by atoms with Crippen molar-refractivity contribution in [3.05, 3.63) is 59.7 Å². The van der Waals surface area contributed by atoms with E-state index in [1.807, 2.05) is 36.4 Å². The highest BCUT2D eigenvalue weighted by Crippen LogP contribution is 2.18. The first-order valence-electron chi connectivity index (χ1n) is 9.59. The first kappa shape index (κ1) is 19.7. The maximum atomic E-state index is 8.80. The molecule has 0 heterocycles. The van der Waals surface area contributed by atoms with Gasteiger partial charge in [-0.1, -0.05) is 57.6 Å². The van der Waals surface area contributed by atoms with Crippen molar-refractivity contribution in [3.63, 3.8) is 0 Å². The fourth-order valence-electron chi connectivity index (χ4n) is 2.67. The normalized spacial score (nSPS) is 10.8. The summed E-state index contributed by atoms with van der Waals surface area (Å²) in [5.74, 6) is 0.897. The Morgan fingerprint density at radius 3 is 2.19 bits per heavy atom. The quantitative estimate of drug-likeness (QED) is 0.346. The number of hydrogen-bond acceptors (Lipinski definition) is 3. The van der Waals surface area contributed by atoms with Crippen molar-refractivity contribution in [2.45, 2.75) is 51.9 Å². The lowest BCUT2D eigenvalue weighted by Crippen LogP contribution is -1.96. The topological polar surface area (TPSA) is 45.4 Å². The molecule has 0 fully saturated rings. The lowest BCUT2D eigenvalue weighted by molar-refractivity contribution is 0.304. The molecule has 136 valence electrons. The van der Waals surface area contributed by atoms with Crippen LogP contribution in [0.3, 0.4) is 0 Å². The van der Waals surface area contributed by atoms with Crippen LogP contribution < -0.4 is 4.74 Å². The Balaban J connectivity index is 1.69. The van der Waals surface area contributed by atoms with Gasteiger partial charge in [0.1, 0.15) is 5.75 Å². The summed E-state index contributed by atoms with van der Waals surface area (Å²) in [6.45, 7) is 3.03. The highest BCUT2D eigenvalue weighted by atomic mass is 16.5. The van der Waals surface area contributed by atoms with Crippen LogP contribution in [0.5, 0.6) is 5.75 Å². The molecule has 3 heteroatoms. The fourth-order valence-corrected chi connectivity index (χ4v) is 2.67. The van der Waals surface area contributed by atoms with Crippen molar-refractivity contribution < 1.29 is 4.74 Å². The summed E-state index contributed by atoms with van der Waals surface area (Å²) in [6, 6.07) is 17.3. The molecular weight excluding hydrogens is 320 g/mol. The summed E-state index contributed by atoms with van der Waals surface area (Å²) < 4.78 is 5.79. The van der Waals surface area contributed by atoms with Gasteiger partial charge in [-0.3, -0.25) is 4.99 Å². The molecule has 0 aliphatic rings. The monoisotopic (exact) mass is 348 g/mol. The van der Waals surface area contributed by atoms with Gasteiger partial charge in [-0.05, 0) is 48.4 Å². The third kappa shape index (κ3) is 7.53. The third-order valence-electron chi connectivity index (χ3n) is 4.26. The van der Waals surface area contributed by atoms with Gasteiger partial charge in [-0.2, -0.15) is 5.26 Å². The molecule has 0 atom stereocenters. The summed E-state index contributed by atoms with van der Waals surface area (Å²) in [5.41, 5.74) is 2.52. The largest absolute Gasteiger partial charge is 0.494 e. The van der Waals surface area contributed by atoms with Crippen LogP contribution in [0, 0.1) is 11.3 Å². The highest BCUT2D eigenvalue weighted by Gasteiger charge is 1.96. The molecule has 0 amide bonds. The average molecular weight is 348 g/mol.